The van der Waals surface area contributed by atoms with Gasteiger partial charge in [0.2, 0.25) is 5.82 Å². The molecule has 6 rings (SSSR count). The molecular weight excluding hydrogens is 638 g/mol. The number of aromatic nitrogens is 2. The fourth-order valence-electron chi connectivity index (χ4n) is 4.35. The van der Waals surface area contributed by atoms with Crippen molar-refractivity contribution in [3.63, 3.8) is 0 Å². The van der Waals surface area contributed by atoms with Gasteiger partial charge in [-0.15, -0.1) is 0 Å². The van der Waals surface area contributed by atoms with Gasteiger partial charge in [-0.1, -0.05) is 68.3 Å². The molecule has 2 heterocycles. The normalized spacial score (nSPS) is 11.5. The zero-order chi connectivity index (χ0) is 27.6. The number of hydrogen-bond donors (Lipinski definition) is 0. The lowest BCUT2D eigenvalue weighted by Crippen LogP contribution is -2.20. The minimum atomic E-state index is -0.318. The van der Waals surface area contributed by atoms with Crippen LogP contribution in [-0.4, -0.2) is 23.0 Å². The lowest BCUT2D eigenvalue weighted by molar-refractivity contribution is 0.305. The third-order valence-electron chi connectivity index (χ3n) is 6.35. The predicted molar refractivity (Wildman–Crippen MR) is 163 cm³/mol. The molecule has 0 fully saturated rings. The van der Waals surface area contributed by atoms with Crippen LogP contribution in [-0.2, 0) is 6.61 Å². The fourth-order valence-corrected chi connectivity index (χ4v) is 5.51. The molecule has 40 heavy (non-hydrogen) atoms. The van der Waals surface area contributed by atoms with Crippen molar-refractivity contribution in [2.75, 3.05) is 7.11 Å². The van der Waals surface area contributed by atoms with Gasteiger partial charge in [0, 0.05) is 20.1 Å². The zero-order valence-corrected chi connectivity index (χ0v) is 24.3. The van der Waals surface area contributed by atoms with Crippen molar-refractivity contribution in [3.8, 4) is 23.1 Å². The lowest BCUT2D eigenvalue weighted by Gasteiger charge is -2.11. The van der Waals surface area contributed by atoms with Crippen molar-refractivity contribution in [2.24, 2.45) is 5.10 Å². The lowest BCUT2D eigenvalue weighted by atomic mass is 10.2. The van der Waals surface area contributed by atoms with Crippen LogP contribution >= 0.6 is 31.9 Å². The summed E-state index contributed by atoms with van der Waals surface area (Å²) in [6, 6.07) is 27.9. The van der Waals surface area contributed by atoms with Crippen LogP contribution in [0.4, 0.5) is 0 Å². The zero-order valence-electron chi connectivity index (χ0n) is 21.2. The van der Waals surface area contributed by atoms with Gasteiger partial charge in [-0.25, -0.2) is 4.98 Å². The van der Waals surface area contributed by atoms with Gasteiger partial charge in [0.05, 0.1) is 29.6 Å². The number of para-hydroxylation sites is 2. The number of ether oxygens (including phenoxy) is 2. The highest BCUT2D eigenvalue weighted by atomic mass is 79.9. The fraction of sp³-hybridized carbons (Fsp3) is 0.0645. The minimum absolute atomic E-state index is 0.274. The summed E-state index contributed by atoms with van der Waals surface area (Å²) in [6.45, 7) is 0.349. The number of furan rings is 1. The summed E-state index contributed by atoms with van der Waals surface area (Å²) < 4.78 is 20.9. The van der Waals surface area contributed by atoms with E-state index in [1.165, 1.54) is 4.68 Å². The van der Waals surface area contributed by atoms with E-state index in [2.05, 4.69) is 37.0 Å². The molecule has 4 aromatic carbocycles. The van der Waals surface area contributed by atoms with E-state index >= 15 is 0 Å². The molecule has 0 amide bonds. The molecule has 7 nitrogen and oxygen atoms in total. The topological polar surface area (TPSA) is 78.9 Å². The summed E-state index contributed by atoms with van der Waals surface area (Å²) in [7, 11) is 1.60. The molecule has 0 aliphatic rings. The van der Waals surface area contributed by atoms with Gasteiger partial charge in [-0.3, -0.25) is 4.79 Å². The van der Waals surface area contributed by atoms with E-state index in [4.69, 9.17) is 18.9 Å². The van der Waals surface area contributed by atoms with Crippen LogP contribution < -0.4 is 15.0 Å². The Bertz CT molecular complexity index is 1960. The van der Waals surface area contributed by atoms with Crippen molar-refractivity contribution in [1.82, 2.24) is 9.66 Å². The van der Waals surface area contributed by atoms with E-state index in [0.29, 0.717) is 45.9 Å². The summed E-state index contributed by atoms with van der Waals surface area (Å²) >= 11 is 7.05. The number of rotatable bonds is 7. The number of nitrogens with zero attached hydrogens (tertiary/aromatic N) is 3. The summed E-state index contributed by atoms with van der Waals surface area (Å²) in [5.74, 6) is 1.95. The first-order chi connectivity index (χ1) is 19.5. The SMILES string of the molecule is COc1cccc2oc(-c3nc4ccccc4c(=O)n3N=Cc3ccccc3OCc3ccc(Br)cc3Br)cc12. The van der Waals surface area contributed by atoms with Crippen molar-refractivity contribution >= 4 is 59.9 Å². The number of halogens is 2. The Morgan fingerprint density at radius 1 is 0.925 bits per heavy atom. The van der Waals surface area contributed by atoms with Gasteiger partial charge in [0.1, 0.15) is 23.7 Å². The highest BCUT2D eigenvalue weighted by Gasteiger charge is 2.18. The second-order valence-corrected chi connectivity index (χ2v) is 10.6. The van der Waals surface area contributed by atoms with Crippen molar-refractivity contribution in [2.45, 2.75) is 6.61 Å². The van der Waals surface area contributed by atoms with Crippen LogP contribution in [0.1, 0.15) is 11.1 Å². The second kappa shape index (κ2) is 11.1. The van der Waals surface area contributed by atoms with E-state index in [-0.39, 0.29) is 11.4 Å². The largest absolute Gasteiger partial charge is 0.496 e. The van der Waals surface area contributed by atoms with Crippen LogP contribution in [0, 0.1) is 0 Å². The maximum Gasteiger partial charge on any atom is 0.282 e. The van der Waals surface area contributed by atoms with Gasteiger partial charge in [0.25, 0.3) is 5.56 Å². The Labute approximate surface area is 245 Å². The van der Waals surface area contributed by atoms with Crippen LogP contribution in [0.25, 0.3) is 33.5 Å². The molecule has 0 aliphatic heterocycles. The standard InChI is InChI=1S/C31H21Br2N3O4/c1-38-27-11-6-12-28-23(27)16-29(40-28)30-35-25-9-4-3-8-22(25)31(37)36(30)34-17-19-7-2-5-10-26(19)39-18-20-13-14-21(32)15-24(20)33/h2-17H,18H2,1H3. The second-order valence-electron chi connectivity index (χ2n) is 8.86. The maximum atomic E-state index is 13.6. The third kappa shape index (κ3) is 5.05. The molecule has 0 unspecified atom stereocenters. The number of fused-ring (bicyclic) bond motifs is 2. The van der Waals surface area contributed by atoms with Crippen molar-refractivity contribution < 1.29 is 13.9 Å². The molecule has 6 aromatic rings. The van der Waals surface area contributed by atoms with Crippen LogP contribution in [0.3, 0.4) is 0 Å². The number of methoxy groups -OCH3 is 1. The quantitative estimate of drug-likeness (QED) is 0.164. The van der Waals surface area contributed by atoms with Crippen LogP contribution in [0.2, 0.25) is 0 Å². The van der Waals surface area contributed by atoms with E-state index in [9.17, 15) is 4.79 Å². The van der Waals surface area contributed by atoms with E-state index in [0.717, 1.165) is 19.9 Å². The number of hydrogen-bond acceptors (Lipinski definition) is 6. The molecule has 0 saturated carbocycles. The van der Waals surface area contributed by atoms with Crippen molar-refractivity contribution in [1.29, 1.82) is 0 Å². The third-order valence-corrected chi connectivity index (χ3v) is 7.58. The van der Waals surface area contributed by atoms with E-state index < -0.39 is 0 Å². The molecule has 0 saturated heterocycles. The first-order valence-electron chi connectivity index (χ1n) is 12.3. The Balaban J connectivity index is 1.42. The Kier molecular flexibility index (Phi) is 7.23. The van der Waals surface area contributed by atoms with E-state index in [1.807, 2.05) is 72.8 Å². The monoisotopic (exact) mass is 657 g/mol. The smallest absolute Gasteiger partial charge is 0.282 e. The van der Waals surface area contributed by atoms with Crippen molar-refractivity contribution in [3.05, 3.63) is 121 Å². The highest BCUT2D eigenvalue weighted by molar-refractivity contribution is 9.11. The van der Waals surface area contributed by atoms with Gasteiger partial charge in [0.15, 0.2) is 5.76 Å². The Morgan fingerprint density at radius 2 is 1.73 bits per heavy atom. The summed E-state index contributed by atoms with van der Waals surface area (Å²) in [5.41, 5.74) is 2.54. The van der Waals surface area contributed by atoms with Crippen LogP contribution in [0.5, 0.6) is 11.5 Å². The van der Waals surface area contributed by atoms with Gasteiger partial charge in [-0.2, -0.15) is 9.78 Å². The Hall–Kier alpha value is -4.21. The Morgan fingerprint density at radius 3 is 2.58 bits per heavy atom. The minimum Gasteiger partial charge on any atom is -0.496 e. The first kappa shape index (κ1) is 26.0. The van der Waals surface area contributed by atoms with Gasteiger partial charge < -0.3 is 13.9 Å². The highest BCUT2D eigenvalue weighted by Crippen LogP contribution is 2.33. The average molecular weight is 659 g/mol. The average Bonchev–Trinajstić information content (AvgIpc) is 3.41. The predicted octanol–water partition coefficient (Wildman–Crippen LogP) is 7.80. The molecule has 198 valence electrons. The molecule has 0 bridgehead atoms. The summed E-state index contributed by atoms with van der Waals surface area (Å²) in [6.07, 6.45) is 1.59. The molecule has 0 N–H and O–H groups in total. The first-order valence-corrected chi connectivity index (χ1v) is 13.9. The molecule has 9 heteroatoms. The maximum absolute atomic E-state index is 13.6. The van der Waals surface area contributed by atoms with Gasteiger partial charge in [-0.05, 0) is 54.6 Å². The molecule has 0 atom stereocenters. The van der Waals surface area contributed by atoms with Crippen LogP contribution in [0.15, 0.2) is 114 Å². The summed E-state index contributed by atoms with van der Waals surface area (Å²) in [5, 5.41) is 5.81. The molecule has 0 radical (unpaired) electrons. The van der Waals surface area contributed by atoms with Gasteiger partial charge >= 0.3 is 0 Å². The number of benzene rings is 4. The van der Waals surface area contributed by atoms with E-state index in [1.54, 1.807) is 31.5 Å². The molecule has 0 spiro atoms. The summed E-state index contributed by atoms with van der Waals surface area (Å²) in [4.78, 5) is 18.4. The molecule has 2 aromatic heterocycles. The molecule has 0 aliphatic carbocycles. The molecular formula is C31H21Br2N3O4.